The molecule has 1 saturated heterocycles. The number of amides is 1. The Hall–Kier alpha value is -1.77. The summed E-state index contributed by atoms with van der Waals surface area (Å²) < 4.78 is 41.0. The lowest BCUT2D eigenvalue weighted by Crippen LogP contribution is -2.29. The van der Waals surface area contributed by atoms with Gasteiger partial charge in [-0.05, 0) is 65.0 Å². The van der Waals surface area contributed by atoms with E-state index in [1.807, 2.05) is 0 Å². The summed E-state index contributed by atoms with van der Waals surface area (Å²) >= 11 is 3.30. The molecule has 1 aliphatic heterocycles. The molecule has 0 radical (unpaired) electrons. The maximum atomic E-state index is 13.6. The molecule has 1 aliphatic rings. The molecule has 0 bridgehead atoms. The third-order valence-electron chi connectivity index (χ3n) is 4.52. The van der Waals surface area contributed by atoms with Gasteiger partial charge in [0.1, 0.15) is 5.82 Å². The smallest absolute Gasteiger partial charge is 0.252 e. The van der Waals surface area contributed by atoms with Crippen LogP contribution < -0.4 is 5.32 Å². The van der Waals surface area contributed by atoms with E-state index in [1.165, 1.54) is 22.5 Å². The van der Waals surface area contributed by atoms with Gasteiger partial charge in [-0.3, -0.25) is 4.79 Å². The Bertz CT molecular complexity index is 944. The molecule has 0 spiro atoms. The number of carbonyl (C=O) groups is 1. The summed E-state index contributed by atoms with van der Waals surface area (Å²) in [6.07, 6.45) is 2.04. The fraction of sp³-hybridized carbons (Fsp3) is 0.316. The second-order valence-electron chi connectivity index (χ2n) is 6.35. The van der Waals surface area contributed by atoms with Crippen LogP contribution in [0.1, 0.15) is 28.8 Å². The van der Waals surface area contributed by atoms with Gasteiger partial charge in [-0.25, -0.2) is 12.8 Å². The minimum absolute atomic E-state index is 0.104. The van der Waals surface area contributed by atoms with Gasteiger partial charge in [0, 0.05) is 24.1 Å². The number of carbonyl (C=O) groups excluding carboxylic acids is 1. The highest BCUT2D eigenvalue weighted by Gasteiger charge is 2.28. The van der Waals surface area contributed by atoms with Crippen LogP contribution in [0.4, 0.5) is 4.39 Å². The zero-order chi connectivity index (χ0) is 19.4. The van der Waals surface area contributed by atoms with Gasteiger partial charge >= 0.3 is 0 Å². The highest BCUT2D eigenvalue weighted by Crippen LogP contribution is 2.25. The van der Waals surface area contributed by atoms with Crippen LogP contribution in [0.25, 0.3) is 0 Å². The van der Waals surface area contributed by atoms with Crippen molar-refractivity contribution in [2.24, 2.45) is 0 Å². The fourth-order valence-electron chi connectivity index (χ4n) is 3.02. The number of nitrogens with zero attached hydrogens (tertiary/aromatic N) is 1. The summed E-state index contributed by atoms with van der Waals surface area (Å²) in [6.45, 7) is 1.25. The van der Waals surface area contributed by atoms with Crippen LogP contribution in [0.15, 0.2) is 51.8 Å². The summed E-state index contributed by atoms with van der Waals surface area (Å²) in [7, 11) is -3.60. The second kappa shape index (κ2) is 8.50. The molecule has 0 unspecified atom stereocenters. The van der Waals surface area contributed by atoms with Crippen LogP contribution in [0.5, 0.6) is 0 Å². The number of hydrogen-bond donors (Lipinski definition) is 1. The Balaban J connectivity index is 1.72. The van der Waals surface area contributed by atoms with Crippen molar-refractivity contribution in [3.8, 4) is 0 Å². The molecule has 1 heterocycles. The molecule has 0 aromatic heterocycles. The molecule has 8 heteroatoms. The third kappa shape index (κ3) is 4.56. The van der Waals surface area contributed by atoms with Crippen LogP contribution in [0, 0.1) is 5.82 Å². The molecular weight excluding hydrogens is 435 g/mol. The summed E-state index contributed by atoms with van der Waals surface area (Å²) in [6, 6.07) is 10.8. The number of nitrogens with one attached hydrogen (secondary N) is 1. The monoisotopic (exact) mass is 454 g/mol. The minimum Gasteiger partial charge on any atom is -0.352 e. The molecule has 27 heavy (non-hydrogen) atoms. The number of sulfonamides is 1. The Kier molecular flexibility index (Phi) is 6.29. The number of rotatable bonds is 6. The zero-order valence-corrected chi connectivity index (χ0v) is 17.0. The van der Waals surface area contributed by atoms with Gasteiger partial charge in [-0.1, -0.05) is 18.2 Å². The normalized spacial score (nSPS) is 15.0. The van der Waals surface area contributed by atoms with Crippen LogP contribution in [-0.2, 0) is 16.4 Å². The van der Waals surface area contributed by atoms with Crippen LogP contribution in [0.2, 0.25) is 0 Å². The first-order chi connectivity index (χ1) is 12.9. The maximum absolute atomic E-state index is 13.6. The summed E-state index contributed by atoms with van der Waals surface area (Å²) in [4.78, 5) is 12.6. The van der Waals surface area contributed by atoms with E-state index in [0.717, 1.165) is 12.8 Å². The number of hydrogen-bond acceptors (Lipinski definition) is 3. The van der Waals surface area contributed by atoms with Crippen molar-refractivity contribution >= 4 is 31.9 Å². The maximum Gasteiger partial charge on any atom is 0.252 e. The lowest BCUT2D eigenvalue weighted by atomic mass is 10.1. The van der Waals surface area contributed by atoms with Crippen molar-refractivity contribution in [2.75, 3.05) is 19.6 Å². The largest absolute Gasteiger partial charge is 0.352 e. The molecule has 1 N–H and O–H groups in total. The Labute approximate surface area is 166 Å². The number of halogens is 2. The van der Waals surface area contributed by atoms with Gasteiger partial charge < -0.3 is 5.32 Å². The quantitative estimate of drug-likeness (QED) is 0.727. The van der Waals surface area contributed by atoms with E-state index in [4.69, 9.17) is 0 Å². The van der Waals surface area contributed by atoms with Crippen molar-refractivity contribution in [3.05, 3.63) is 63.9 Å². The SMILES string of the molecule is O=C(NCCc1ccccc1F)c1cc(S(=O)(=O)N2CCCC2)ccc1Br. The first-order valence-corrected chi connectivity index (χ1v) is 10.9. The predicted octanol–water partition coefficient (Wildman–Crippen LogP) is 3.35. The molecule has 5 nitrogen and oxygen atoms in total. The average molecular weight is 455 g/mol. The Morgan fingerprint density at radius 1 is 1.15 bits per heavy atom. The molecule has 0 aliphatic carbocycles. The van der Waals surface area contributed by atoms with E-state index < -0.39 is 15.9 Å². The Morgan fingerprint density at radius 2 is 1.85 bits per heavy atom. The summed E-state index contributed by atoms with van der Waals surface area (Å²) in [5, 5.41) is 2.72. The molecule has 3 rings (SSSR count). The van der Waals surface area contributed by atoms with Crippen molar-refractivity contribution in [1.29, 1.82) is 0 Å². The molecule has 2 aromatic carbocycles. The van der Waals surface area contributed by atoms with Crippen LogP contribution in [-0.4, -0.2) is 38.3 Å². The fourth-order valence-corrected chi connectivity index (χ4v) is 4.99. The van der Waals surface area contributed by atoms with Crippen molar-refractivity contribution in [3.63, 3.8) is 0 Å². The summed E-state index contributed by atoms with van der Waals surface area (Å²) in [5.74, 6) is -0.719. The molecule has 144 valence electrons. The van der Waals surface area contributed by atoms with Crippen molar-refractivity contribution in [2.45, 2.75) is 24.2 Å². The van der Waals surface area contributed by atoms with Crippen molar-refractivity contribution < 1.29 is 17.6 Å². The molecule has 1 amide bonds. The summed E-state index contributed by atoms with van der Waals surface area (Å²) in [5.41, 5.74) is 0.756. The van der Waals surface area contributed by atoms with E-state index in [2.05, 4.69) is 21.2 Å². The Morgan fingerprint density at radius 3 is 2.56 bits per heavy atom. The van der Waals surface area contributed by atoms with Gasteiger partial charge in [0.15, 0.2) is 0 Å². The predicted molar refractivity (Wildman–Crippen MR) is 105 cm³/mol. The standard InChI is InChI=1S/C19H20BrFN2O3S/c20-17-8-7-15(27(25,26)23-11-3-4-12-23)13-16(17)19(24)22-10-9-14-5-1-2-6-18(14)21/h1-2,5-8,13H,3-4,9-12H2,(H,22,24). The van der Waals surface area contributed by atoms with Crippen LogP contribution in [0.3, 0.4) is 0 Å². The van der Waals surface area contributed by atoms with Crippen LogP contribution >= 0.6 is 15.9 Å². The van der Waals surface area contributed by atoms with Gasteiger partial charge in [-0.2, -0.15) is 4.31 Å². The van der Waals surface area contributed by atoms with E-state index in [9.17, 15) is 17.6 Å². The van der Waals surface area contributed by atoms with E-state index in [0.29, 0.717) is 29.5 Å². The first kappa shape index (κ1) is 20.0. The topological polar surface area (TPSA) is 66.5 Å². The molecule has 1 fully saturated rings. The number of benzene rings is 2. The van der Waals surface area contributed by atoms with E-state index in [-0.39, 0.29) is 22.8 Å². The zero-order valence-electron chi connectivity index (χ0n) is 14.6. The van der Waals surface area contributed by atoms with Gasteiger partial charge in [0.05, 0.1) is 10.5 Å². The highest BCUT2D eigenvalue weighted by molar-refractivity contribution is 9.10. The molecule has 0 saturated carbocycles. The minimum atomic E-state index is -3.60. The first-order valence-electron chi connectivity index (χ1n) is 8.71. The molecule has 0 atom stereocenters. The second-order valence-corrected chi connectivity index (χ2v) is 9.14. The average Bonchev–Trinajstić information content (AvgIpc) is 3.19. The lowest BCUT2D eigenvalue weighted by Gasteiger charge is -2.16. The van der Waals surface area contributed by atoms with Gasteiger partial charge in [-0.15, -0.1) is 0 Å². The molecular formula is C19H20BrFN2O3S. The van der Waals surface area contributed by atoms with E-state index in [1.54, 1.807) is 24.3 Å². The van der Waals surface area contributed by atoms with Gasteiger partial charge in [0.25, 0.3) is 5.91 Å². The van der Waals surface area contributed by atoms with Crippen molar-refractivity contribution in [1.82, 2.24) is 9.62 Å². The third-order valence-corrected chi connectivity index (χ3v) is 7.11. The highest BCUT2D eigenvalue weighted by atomic mass is 79.9. The lowest BCUT2D eigenvalue weighted by molar-refractivity contribution is 0.0953. The van der Waals surface area contributed by atoms with E-state index >= 15 is 0 Å². The van der Waals surface area contributed by atoms with Gasteiger partial charge in [0.2, 0.25) is 10.0 Å². The molecule has 2 aromatic rings.